The number of nitrogens with one attached hydrogen (secondary N) is 1. The molecule has 0 unspecified atom stereocenters. The SMILES string of the molecule is CCC1(CC)Oc2ccc(NC(=O)N3CCS(=O)CC3)cc2O1. The van der Waals surface area contributed by atoms with Gasteiger partial charge in [-0.25, -0.2) is 4.79 Å². The Morgan fingerprint density at radius 3 is 2.52 bits per heavy atom. The van der Waals surface area contributed by atoms with Gasteiger partial charge in [0.15, 0.2) is 11.5 Å². The molecule has 0 radical (unpaired) electrons. The summed E-state index contributed by atoms with van der Waals surface area (Å²) in [6.07, 6.45) is 1.51. The number of carbonyl (C=O) groups is 1. The van der Waals surface area contributed by atoms with Crippen LogP contribution in [0.1, 0.15) is 26.7 Å². The topological polar surface area (TPSA) is 67.9 Å². The number of benzene rings is 1. The molecule has 7 heteroatoms. The molecule has 0 aromatic heterocycles. The van der Waals surface area contributed by atoms with E-state index in [9.17, 15) is 9.00 Å². The summed E-state index contributed by atoms with van der Waals surface area (Å²) in [5.41, 5.74) is 0.673. The van der Waals surface area contributed by atoms with Crippen LogP contribution < -0.4 is 14.8 Å². The van der Waals surface area contributed by atoms with Gasteiger partial charge in [0.05, 0.1) is 0 Å². The minimum atomic E-state index is -0.793. The van der Waals surface area contributed by atoms with Gasteiger partial charge in [-0.2, -0.15) is 0 Å². The molecule has 126 valence electrons. The Morgan fingerprint density at radius 2 is 1.87 bits per heavy atom. The quantitative estimate of drug-likeness (QED) is 0.920. The molecule has 1 fully saturated rings. The molecule has 23 heavy (non-hydrogen) atoms. The molecular formula is C16H22N2O4S. The highest BCUT2D eigenvalue weighted by molar-refractivity contribution is 7.85. The van der Waals surface area contributed by atoms with Gasteiger partial charge in [0.25, 0.3) is 5.79 Å². The van der Waals surface area contributed by atoms with Crippen molar-refractivity contribution in [3.8, 4) is 11.5 Å². The second-order valence-electron chi connectivity index (χ2n) is 5.75. The highest BCUT2D eigenvalue weighted by atomic mass is 32.2. The number of ether oxygens (including phenoxy) is 2. The van der Waals surface area contributed by atoms with Crippen molar-refractivity contribution in [2.24, 2.45) is 0 Å². The van der Waals surface area contributed by atoms with Crippen molar-refractivity contribution in [2.45, 2.75) is 32.5 Å². The van der Waals surface area contributed by atoms with Crippen molar-refractivity contribution in [1.82, 2.24) is 4.90 Å². The van der Waals surface area contributed by atoms with Crippen molar-refractivity contribution in [3.05, 3.63) is 18.2 Å². The standard InChI is InChI=1S/C16H22N2O4S/c1-3-16(4-2)21-13-6-5-12(11-14(13)22-16)17-15(19)18-7-9-23(20)10-8-18/h5-6,11H,3-4,7-10H2,1-2H3,(H,17,19). The van der Waals surface area contributed by atoms with E-state index in [-0.39, 0.29) is 6.03 Å². The molecule has 2 aliphatic rings. The fourth-order valence-electron chi connectivity index (χ4n) is 2.75. The molecule has 1 N–H and O–H groups in total. The molecule has 0 bridgehead atoms. The summed E-state index contributed by atoms with van der Waals surface area (Å²) in [5, 5.41) is 2.87. The van der Waals surface area contributed by atoms with Crippen LogP contribution in [0.2, 0.25) is 0 Å². The Bertz CT molecular complexity index is 621. The van der Waals surface area contributed by atoms with E-state index in [1.807, 2.05) is 26.0 Å². The van der Waals surface area contributed by atoms with Gasteiger partial charge in [0.1, 0.15) is 0 Å². The minimum absolute atomic E-state index is 0.169. The minimum Gasteiger partial charge on any atom is -0.448 e. The molecule has 3 rings (SSSR count). The molecule has 0 spiro atoms. The van der Waals surface area contributed by atoms with E-state index < -0.39 is 16.6 Å². The maximum atomic E-state index is 12.3. The third-order valence-electron chi connectivity index (χ3n) is 4.33. The fourth-order valence-corrected chi connectivity index (χ4v) is 3.81. The monoisotopic (exact) mass is 338 g/mol. The molecule has 0 aliphatic carbocycles. The maximum Gasteiger partial charge on any atom is 0.321 e. The van der Waals surface area contributed by atoms with E-state index in [2.05, 4.69) is 5.32 Å². The average molecular weight is 338 g/mol. The predicted octanol–water partition coefficient (Wildman–Crippen LogP) is 2.57. The first kappa shape index (κ1) is 16.1. The second-order valence-corrected chi connectivity index (χ2v) is 7.44. The second kappa shape index (κ2) is 6.39. The lowest BCUT2D eigenvalue weighted by Crippen LogP contribution is -2.43. The zero-order chi connectivity index (χ0) is 16.4. The number of hydrogen-bond acceptors (Lipinski definition) is 4. The van der Waals surface area contributed by atoms with Crippen LogP contribution in [-0.4, -0.2) is 45.5 Å². The summed E-state index contributed by atoms with van der Waals surface area (Å²) < 4.78 is 23.2. The van der Waals surface area contributed by atoms with Gasteiger partial charge in [-0.1, -0.05) is 13.8 Å². The van der Waals surface area contributed by atoms with Crippen LogP contribution in [0.4, 0.5) is 10.5 Å². The van der Waals surface area contributed by atoms with E-state index in [1.165, 1.54) is 0 Å². The molecule has 0 saturated carbocycles. The van der Waals surface area contributed by atoms with Crippen LogP contribution in [-0.2, 0) is 10.8 Å². The number of nitrogens with zero attached hydrogens (tertiary/aromatic N) is 1. The molecule has 2 amide bonds. The Morgan fingerprint density at radius 1 is 1.22 bits per heavy atom. The molecule has 1 aromatic carbocycles. The third-order valence-corrected chi connectivity index (χ3v) is 5.61. The lowest BCUT2D eigenvalue weighted by Gasteiger charge is -2.26. The van der Waals surface area contributed by atoms with Gasteiger partial charge in [0.2, 0.25) is 0 Å². The summed E-state index contributed by atoms with van der Waals surface area (Å²) in [4.78, 5) is 13.9. The molecule has 2 heterocycles. The first-order valence-electron chi connectivity index (χ1n) is 7.98. The van der Waals surface area contributed by atoms with E-state index in [0.717, 1.165) is 12.8 Å². The summed E-state index contributed by atoms with van der Waals surface area (Å²) in [5.74, 6) is 1.86. The maximum absolute atomic E-state index is 12.3. The van der Waals surface area contributed by atoms with E-state index in [0.29, 0.717) is 41.8 Å². The first-order valence-corrected chi connectivity index (χ1v) is 9.47. The molecule has 6 nitrogen and oxygen atoms in total. The highest BCUT2D eigenvalue weighted by Crippen LogP contribution is 2.43. The van der Waals surface area contributed by atoms with Crippen LogP contribution in [0.25, 0.3) is 0 Å². The van der Waals surface area contributed by atoms with Crippen LogP contribution in [0, 0.1) is 0 Å². The Kier molecular flexibility index (Phi) is 4.48. The van der Waals surface area contributed by atoms with E-state index in [4.69, 9.17) is 9.47 Å². The van der Waals surface area contributed by atoms with Gasteiger partial charge in [-0.15, -0.1) is 0 Å². The lowest BCUT2D eigenvalue weighted by atomic mass is 10.1. The number of fused-ring (bicyclic) bond motifs is 1. The van der Waals surface area contributed by atoms with Gasteiger partial charge in [-0.05, 0) is 12.1 Å². The van der Waals surface area contributed by atoms with Crippen molar-refractivity contribution in [1.29, 1.82) is 0 Å². The number of hydrogen-bond donors (Lipinski definition) is 1. The Labute approximate surface area is 138 Å². The molecular weight excluding hydrogens is 316 g/mol. The van der Waals surface area contributed by atoms with Crippen LogP contribution in [0.5, 0.6) is 11.5 Å². The number of amides is 2. The van der Waals surface area contributed by atoms with Crippen LogP contribution in [0.15, 0.2) is 18.2 Å². The summed E-state index contributed by atoms with van der Waals surface area (Å²) >= 11 is 0. The van der Waals surface area contributed by atoms with Crippen molar-refractivity contribution in [2.75, 3.05) is 29.9 Å². The third kappa shape index (κ3) is 3.29. The lowest BCUT2D eigenvalue weighted by molar-refractivity contribution is -0.0843. The zero-order valence-electron chi connectivity index (χ0n) is 13.5. The largest absolute Gasteiger partial charge is 0.448 e. The number of urea groups is 1. The first-order chi connectivity index (χ1) is 11.0. The Balaban J connectivity index is 1.67. The molecule has 1 saturated heterocycles. The van der Waals surface area contributed by atoms with Crippen LogP contribution >= 0.6 is 0 Å². The molecule has 2 aliphatic heterocycles. The van der Waals surface area contributed by atoms with Gasteiger partial charge in [0, 0.05) is 60.0 Å². The van der Waals surface area contributed by atoms with Crippen LogP contribution in [0.3, 0.4) is 0 Å². The van der Waals surface area contributed by atoms with E-state index >= 15 is 0 Å². The average Bonchev–Trinajstić information content (AvgIpc) is 2.94. The Hall–Kier alpha value is -1.76. The number of rotatable bonds is 3. The van der Waals surface area contributed by atoms with Gasteiger partial charge >= 0.3 is 6.03 Å². The van der Waals surface area contributed by atoms with E-state index in [1.54, 1.807) is 11.0 Å². The van der Waals surface area contributed by atoms with Gasteiger partial charge < -0.3 is 19.7 Å². The zero-order valence-corrected chi connectivity index (χ0v) is 14.3. The van der Waals surface area contributed by atoms with Crippen molar-refractivity contribution >= 4 is 22.5 Å². The van der Waals surface area contributed by atoms with Crippen molar-refractivity contribution < 1.29 is 18.5 Å². The number of anilines is 1. The highest BCUT2D eigenvalue weighted by Gasteiger charge is 2.38. The smallest absolute Gasteiger partial charge is 0.321 e. The summed E-state index contributed by atoms with van der Waals surface area (Å²) in [7, 11) is -0.793. The predicted molar refractivity (Wildman–Crippen MR) is 89.5 cm³/mol. The normalized spacial score (nSPS) is 19.7. The number of carbonyl (C=O) groups excluding carboxylic acids is 1. The molecule has 1 aromatic rings. The van der Waals surface area contributed by atoms with Gasteiger partial charge in [-0.3, -0.25) is 4.21 Å². The fraction of sp³-hybridized carbons (Fsp3) is 0.562. The summed E-state index contributed by atoms with van der Waals surface area (Å²) in [6.45, 7) is 5.10. The summed E-state index contributed by atoms with van der Waals surface area (Å²) in [6, 6.07) is 5.26. The molecule has 0 atom stereocenters. The van der Waals surface area contributed by atoms with Crippen molar-refractivity contribution in [3.63, 3.8) is 0 Å².